The normalized spacial score (nSPS) is 25.4. The lowest BCUT2D eigenvalue weighted by Gasteiger charge is -2.42. The SMILES string of the molecule is CC1CCCN(C(C)C(=O)NCc2ccco2)C1CN. The Bertz CT molecular complexity index is 419. The average Bonchev–Trinajstić information content (AvgIpc) is 2.97. The smallest absolute Gasteiger partial charge is 0.237 e. The van der Waals surface area contributed by atoms with Crippen molar-refractivity contribution in [2.75, 3.05) is 13.1 Å². The van der Waals surface area contributed by atoms with E-state index in [0.29, 0.717) is 25.0 Å². The van der Waals surface area contributed by atoms with Gasteiger partial charge in [-0.05, 0) is 44.4 Å². The molecule has 1 amide bonds. The van der Waals surface area contributed by atoms with Crippen LogP contribution < -0.4 is 11.1 Å². The average molecular weight is 279 g/mol. The highest BCUT2D eigenvalue weighted by Crippen LogP contribution is 2.24. The van der Waals surface area contributed by atoms with Crippen LogP contribution >= 0.6 is 0 Å². The number of likely N-dealkylation sites (tertiary alicyclic amines) is 1. The Morgan fingerprint density at radius 1 is 1.65 bits per heavy atom. The van der Waals surface area contributed by atoms with E-state index in [1.807, 2.05) is 19.1 Å². The number of nitrogens with one attached hydrogen (secondary N) is 1. The summed E-state index contributed by atoms with van der Waals surface area (Å²) in [5.41, 5.74) is 5.88. The van der Waals surface area contributed by atoms with Gasteiger partial charge in [0.15, 0.2) is 0 Å². The third kappa shape index (κ3) is 3.41. The van der Waals surface area contributed by atoms with Crippen LogP contribution in [-0.4, -0.2) is 36.0 Å². The van der Waals surface area contributed by atoms with E-state index in [2.05, 4.69) is 17.1 Å². The number of carbonyl (C=O) groups is 1. The van der Waals surface area contributed by atoms with Gasteiger partial charge in [-0.25, -0.2) is 0 Å². The van der Waals surface area contributed by atoms with Crippen molar-refractivity contribution in [2.45, 2.75) is 45.3 Å². The summed E-state index contributed by atoms with van der Waals surface area (Å²) in [5.74, 6) is 1.36. The topological polar surface area (TPSA) is 71.5 Å². The Morgan fingerprint density at radius 2 is 2.45 bits per heavy atom. The number of carbonyl (C=O) groups excluding carboxylic acids is 1. The Kier molecular flexibility index (Phi) is 5.20. The summed E-state index contributed by atoms with van der Waals surface area (Å²) in [6.07, 6.45) is 3.94. The Balaban J connectivity index is 1.91. The van der Waals surface area contributed by atoms with Gasteiger partial charge in [-0.2, -0.15) is 0 Å². The number of hydrogen-bond donors (Lipinski definition) is 2. The molecule has 3 atom stereocenters. The second-order valence-electron chi connectivity index (χ2n) is 5.63. The highest BCUT2D eigenvalue weighted by atomic mass is 16.3. The number of amides is 1. The van der Waals surface area contributed by atoms with E-state index in [9.17, 15) is 4.79 Å². The molecule has 3 unspecified atom stereocenters. The number of piperidine rings is 1. The van der Waals surface area contributed by atoms with Gasteiger partial charge in [-0.3, -0.25) is 9.69 Å². The van der Waals surface area contributed by atoms with Crippen molar-refractivity contribution in [3.05, 3.63) is 24.2 Å². The minimum Gasteiger partial charge on any atom is -0.467 e. The third-order valence-corrected chi connectivity index (χ3v) is 4.29. The maximum absolute atomic E-state index is 12.3. The predicted octanol–water partition coefficient (Wildman–Crippen LogP) is 1.34. The molecule has 1 aliphatic rings. The summed E-state index contributed by atoms with van der Waals surface area (Å²) in [6.45, 7) is 6.17. The fraction of sp³-hybridized carbons (Fsp3) is 0.667. The molecule has 1 fully saturated rings. The number of nitrogens with zero attached hydrogens (tertiary/aromatic N) is 1. The summed E-state index contributed by atoms with van der Waals surface area (Å²) in [7, 11) is 0. The standard InChI is InChI=1S/C15H25N3O2/c1-11-5-3-7-18(14(11)9-16)12(2)15(19)17-10-13-6-4-8-20-13/h4,6,8,11-12,14H,3,5,7,9-10,16H2,1-2H3,(H,17,19). The van der Waals surface area contributed by atoms with Crippen LogP contribution in [0.4, 0.5) is 0 Å². The highest BCUT2D eigenvalue weighted by molar-refractivity contribution is 5.81. The molecule has 0 aromatic carbocycles. The second kappa shape index (κ2) is 6.90. The van der Waals surface area contributed by atoms with Gasteiger partial charge in [-0.15, -0.1) is 0 Å². The molecule has 1 saturated heterocycles. The number of furan rings is 1. The molecule has 112 valence electrons. The van der Waals surface area contributed by atoms with E-state index in [4.69, 9.17) is 10.2 Å². The summed E-state index contributed by atoms with van der Waals surface area (Å²) in [6, 6.07) is 3.83. The minimum atomic E-state index is -0.152. The lowest BCUT2D eigenvalue weighted by molar-refractivity contribution is -0.128. The first-order chi connectivity index (χ1) is 9.63. The number of nitrogens with two attached hydrogens (primary N) is 1. The largest absolute Gasteiger partial charge is 0.467 e. The van der Waals surface area contributed by atoms with Gasteiger partial charge in [0.05, 0.1) is 18.8 Å². The van der Waals surface area contributed by atoms with Crippen LogP contribution in [0, 0.1) is 5.92 Å². The predicted molar refractivity (Wildman–Crippen MR) is 78.0 cm³/mol. The van der Waals surface area contributed by atoms with Crippen molar-refractivity contribution in [1.82, 2.24) is 10.2 Å². The lowest BCUT2D eigenvalue weighted by atomic mass is 9.89. The number of hydrogen-bond acceptors (Lipinski definition) is 4. The first kappa shape index (κ1) is 15.1. The molecule has 0 radical (unpaired) electrons. The molecule has 2 heterocycles. The van der Waals surface area contributed by atoms with Crippen LogP contribution in [0.2, 0.25) is 0 Å². The van der Waals surface area contributed by atoms with E-state index in [1.54, 1.807) is 6.26 Å². The molecular weight excluding hydrogens is 254 g/mol. The minimum absolute atomic E-state index is 0.0361. The molecule has 0 saturated carbocycles. The summed E-state index contributed by atoms with van der Waals surface area (Å²) >= 11 is 0. The number of rotatable bonds is 5. The first-order valence-electron chi connectivity index (χ1n) is 7.39. The van der Waals surface area contributed by atoms with E-state index in [1.165, 1.54) is 6.42 Å². The molecule has 20 heavy (non-hydrogen) atoms. The van der Waals surface area contributed by atoms with Gasteiger partial charge in [-0.1, -0.05) is 6.92 Å². The van der Waals surface area contributed by atoms with Gasteiger partial charge in [0.2, 0.25) is 5.91 Å². The van der Waals surface area contributed by atoms with Gasteiger partial charge < -0.3 is 15.5 Å². The van der Waals surface area contributed by atoms with Crippen molar-refractivity contribution < 1.29 is 9.21 Å². The molecule has 1 aromatic heterocycles. The molecule has 1 aliphatic heterocycles. The van der Waals surface area contributed by atoms with E-state index >= 15 is 0 Å². The fourth-order valence-electron chi connectivity index (χ4n) is 3.02. The van der Waals surface area contributed by atoms with Crippen LogP contribution in [0.1, 0.15) is 32.4 Å². The molecular formula is C15H25N3O2. The first-order valence-corrected chi connectivity index (χ1v) is 7.39. The van der Waals surface area contributed by atoms with Crippen molar-refractivity contribution in [3.63, 3.8) is 0 Å². The molecule has 1 aromatic rings. The zero-order valence-corrected chi connectivity index (χ0v) is 12.3. The summed E-state index contributed by atoms with van der Waals surface area (Å²) in [5, 5.41) is 2.93. The molecule has 3 N–H and O–H groups in total. The van der Waals surface area contributed by atoms with E-state index < -0.39 is 0 Å². The molecule has 2 rings (SSSR count). The van der Waals surface area contributed by atoms with Crippen LogP contribution in [0.5, 0.6) is 0 Å². The monoisotopic (exact) mass is 279 g/mol. The van der Waals surface area contributed by atoms with Gasteiger partial charge >= 0.3 is 0 Å². The Morgan fingerprint density at radius 3 is 3.10 bits per heavy atom. The third-order valence-electron chi connectivity index (χ3n) is 4.29. The maximum atomic E-state index is 12.3. The molecule has 0 bridgehead atoms. The van der Waals surface area contributed by atoms with Crippen LogP contribution in [0.3, 0.4) is 0 Å². The zero-order chi connectivity index (χ0) is 14.5. The lowest BCUT2D eigenvalue weighted by Crippen LogP contribution is -2.56. The van der Waals surface area contributed by atoms with E-state index in [-0.39, 0.29) is 11.9 Å². The fourth-order valence-corrected chi connectivity index (χ4v) is 3.02. The molecule has 0 spiro atoms. The van der Waals surface area contributed by atoms with Crippen molar-refractivity contribution >= 4 is 5.91 Å². The van der Waals surface area contributed by atoms with Gasteiger partial charge in [0.25, 0.3) is 0 Å². The van der Waals surface area contributed by atoms with E-state index in [0.717, 1.165) is 18.7 Å². The Hall–Kier alpha value is -1.33. The Labute approximate surface area is 120 Å². The van der Waals surface area contributed by atoms with Crippen LogP contribution in [-0.2, 0) is 11.3 Å². The van der Waals surface area contributed by atoms with Crippen molar-refractivity contribution in [3.8, 4) is 0 Å². The summed E-state index contributed by atoms with van der Waals surface area (Å²) < 4.78 is 5.22. The van der Waals surface area contributed by atoms with Crippen molar-refractivity contribution in [2.24, 2.45) is 11.7 Å². The second-order valence-corrected chi connectivity index (χ2v) is 5.63. The quantitative estimate of drug-likeness (QED) is 0.853. The molecule has 5 nitrogen and oxygen atoms in total. The molecule has 5 heteroatoms. The zero-order valence-electron chi connectivity index (χ0n) is 12.3. The maximum Gasteiger partial charge on any atom is 0.237 e. The van der Waals surface area contributed by atoms with Gasteiger partial charge in [0.1, 0.15) is 5.76 Å². The van der Waals surface area contributed by atoms with Crippen LogP contribution in [0.15, 0.2) is 22.8 Å². The molecule has 0 aliphatic carbocycles. The summed E-state index contributed by atoms with van der Waals surface area (Å²) in [4.78, 5) is 14.5. The van der Waals surface area contributed by atoms with Crippen LogP contribution in [0.25, 0.3) is 0 Å². The highest BCUT2D eigenvalue weighted by Gasteiger charge is 2.33. The van der Waals surface area contributed by atoms with Crippen molar-refractivity contribution in [1.29, 1.82) is 0 Å². The van der Waals surface area contributed by atoms with Gasteiger partial charge in [0, 0.05) is 12.6 Å².